The van der Waals surface area contributed by atoms with E-state index in [2.05, 4.69) is 5.32 Å². The van der Waals surface area contributed by atoms with E-state index < -0.39 is 28.5 Å². The van der Waals surface area contributed by atoms with Crippen molar-refractivity contribution in [2.24, 2.45) is 5.92 Å². The Kier molecular flexibility index (Phi) is 10.8. The lowest BCUT2D eigenvalue weighted by Gasteiger charge is -2.33. The van der Waals surface area contributed by atoms with Crippen molar-refractivity contribution in [3.8, 4) is 0 Å². The molecule has 3 rings (SSSR count). The first kappa shape index (κ1) is 31.2. The molecule has 0 bridgehead atoms. The SMILES string of the molecule is CC[C@H](C(=O)NCC(C)C)N(Cc1cccc(C)c1)C(=O)CN(c1ccccc1C)S(=O)(=O)c1ccc(Cl)cc1. The largest absolute Gasteiger partial charge is 0.354 e. The average molecular weight is 584 g/mol. The van der Waals surface area contributed by atoms with Crippen LogP contribution in [0.3, 0.4) is 0 Å². The number of halogens is 1. The van der Waals surface area contributed by atoms with Crippen molar-refractivity contribution < 1.29 is 18.0 Å². The number of carbonyl (C=O) groups is 2. The smallest absolute Gasteiger partial charge is 0.264 e. The van der Waals surface area contributed by atoms with Crippen LogP contribution in [0.2, 0.25) is 5.02 Å². The van der Waals surface area contributed by atoms with Crippen LogP contribution < -0.4 is 9.62 Å². The lowest BCUT2D eigenvalue weighted by atomic mass is 10.1. The van der Waals surface area contributed by atoms with Crippen LogP contribution >= 0.6 is 11.6 Å². The Hall–Kier alpha value is -3.36. The molecular formula is C31H38ClN3O4S. The highest BCUT2D eigenvalue weighted by molar-refractivity contribution is 7.92. The van der Waals surface area contributed by atoms with Crippen LogP contribution in [0.15, 0.2) is 77.7 Å². The molecule has 0 aliphatic carbocycles. The second-order valence-corrected chi connectivity index (χ2v) is 12.6. The number of aryl methyl sites for hydroxylation is 2. The summed E-state index contributed by atoms with van der Waals surface area (Å²) in [5.41, 5.74) is 2.96. The molecule has 9 heteroatoms. The molecule has 40 heavy (non-hydrogen) atoms. The van der Waals surface area contributed by atoms with E-state index >= 15 is 0 Å². The maximum Gasteiger partial charge on any atom is 0.264 e. The van der Waals surface area contributed by atoms with Gasteiger partial charge in [-0.2, -0.15) is 0 Å². The molecule has 214 valence electrons. The van der Waals surface area contributed by atoms with E-state index in [9.17, 15) is 18.0 Å². The molecule has 2 amide bonds. The highest BCUT2D eigenvalue weighted by Gasteiger charge is 2.34. The quantitative estimate of drug-likeness (QED) is 0.295. The minimum absolute atomic E-state index is 0.0138. The van der Waals surface area contributed by atoms with Gasteiger partial charge in [-0.1, -0.05) is 80.4 Å². The second-order valence-electron chi connectivity index (χ2n) is 10.3. The first-order chi connectivity index (χ1) is 18.9. The molecule has 0 aliphatic rings. The highest BCUT2D eigenvalue weighted by atomic mass is 35.5. The normalized spacial score (nSPS) is 12.2. The first-order valence-corrected chi connectivity index (χ1v) is 15.2. The highest BCUT2D eigenvalue weighted by Crippen LogP contribution is 2.28. The molecule has 0 fully saturated rings. The summed E-state index contributed by atoms with van der Waals surface area (Å²) in [6.45, 7) is 9.76. The lowest BCUT2D eigenvalue weighted by molar-refractivity contribution is -0.140. The van der Waals surface area contributed by atoms with Crippen molar-refractivity contribution in [1.82, 2.24) is 10.2 Å². The van der Waals surface area contributed by atoms with Crippen molar-refractivity contribution >= 4 is 39.1 Å². The summed E-state index contributed by atoms with van der Waals surface area (Å²) in [5.74, 6) is -0.502. The third-order valence-electron chi connectivity index (χ3n) is 6.57. The van der Waals surface area contributed by atoms with Crippen LogP contribution in [-0.4, -0.2) is 44.3 Å². The summed E-state index contributed by atoms with van der Waals surface area (Å²) < 4.78 is 29.0. The van der Waals surface area contributed by atoms with Gasteiger partial charge in [0.05, 0.1) is 10.6 Å². The third kappa shape index (κ3) is 7.86. The van der Waals surface area contributed by atoms with Crippen LogP contribution in [0.5, 0.6) is 0 Å². The maximum atomic E-state index is 14.1. The fraction of sp³-hybridized carbons (Fsp3) is 0.355. The van der Waals surface area contributed by atoms with E-state index in [0.717, 1.165) is 15.4 Å². The first-order valence-electron chi connectivity index (χ1n) is 13.4. The Morgan fingerprint density at radius 2 is 1.62 bits per heavy atom. The zero-order valence-electron chi connectivity index (χ0n) is 23.7. The lowest BCUT2D eigenvalue weighted by Crippen LogP contribution is -2.52. The number of nitrogens with zero attached hydrogens (tertiary/aromatic N) is 2. The monoisotopic (exact) mass is 583 g/mol. The van der Waals surface area contributed by atoms with Crippen molar-refractivity contribution in [3.63, 3.8) is 0 Å². The van der Waals surface area contributed by atoms with Crippen LogP contribution in [-0.2, 0) is 26.2 Å². The number of carbonyl (C=O) groups excluding carboxylic acids is 2. The third-order valence-corrected chi connectivity index (χ3v) is 8.60. The van der Waals surface area contributed by atoms with Crippen molar-refractivity contribution in [2.45, 2.75) is 58.5 Å². The van der Waals surface area contributed by atoms with Gasteiger partial charge in [0.1, 0.15) is 12.6 Å². The van der Waals surface area contributed by atoms with Crippen molar-refractivity contribution in [2.75, 3.05) is 17.4 Å². The summed E-state index contributed by atoms with van der Waals surface area (Å²) >= 11 is 6.02. The molecule has 3 aromatic carbocycles. The molecule has 0 spiro atoms. The average Bonchev–Trinajstić information content (AvgIpc) is 2.91. The Balaban J connectivity index is 2.06. The predicted molar refractivity (Wildman–Crippen MR) is 161 cm³/mol. The van der Waals surface area contributed by atoms with Gasteiger partial charge in [-0.3, -0.25) is 13.9 Å². The van der Waals surface area contributed by atoms with Gasteiger partial charge in [0.15, 0.2) is 0 Å². The maximum absolute atomic E-state index is 14.1. The minimum atomic E-state index is -4.15. The summed E-state index contributed by atoms with van der Waals surface area (Å²) in [6, 6.07) is 19.8. The number of hydrogen-bond acceptors (Lipinski definition) is 4. The molecule has 3 aromatic rings. The van der Waals surface area contributed by atoms with Gasteiger partial charge >= 0.3 is 0 Å². The topological polar surface area (TPSA) is 86.8 Å². The van der Waals surface area contributed by atoms with Crippen LogP contribution in [0.4, 0.5) is 5.69 Å². The fourth-order valence-corrected chi connectivity index (χ4v) is 6.04. The van der Waals surface area contributed by atoms with Gasteiger partial charge in [-0.05, 0) is 67.6 Å². The summed E-state index contributed by atoms with van der Waals surface area (Å²) in [4.78, 5) is 28.9. The van der Waals surface area contributed by atoms with E-state index in [1.807, 2.05) is 58.0 Å². The minimum Gasteiger partial charge on any atom is -0.354 e. The Morgan fingerprint density at radius 3 is 2.23 bits per heavy atom. The van der Waals surface area contributed by atoms with Crippen molar-refractivity contribution in [1.29, 1.82) is 0 Å². The molecular weight excluding hydrogens is 546 g/mol. The second kappa shape index (κ2) is 13.8. The van der Waals surface area contributed by atoms with Gasteiger partial charge in [0.2, 0.25) is 11.8 Å². The van der Waals surface area contributed by atoms with E-state index in [-0.39, 0.29) is 23.3 Å². The molecule has 0 aromatic heterocycles. The standard InChI is InChI=1S/C31H38ClN3O4S/c1-6-28(31(37)33-19-22(2)3)34(20-25-12-9-10-23(4)18-25)30(36)21-35(29-13-8-7-11-24(29)5)40(38,39)27-16-14-26(32)15-17-27/h7-18,22,28H,6,19-21H2,1-5H3,(H,33,37)/t28-/m1/s1. The molecule has 0 saturated heterocycles. The van der Waals surface area contributed by atoms with Crippen LogP contribution in [0.1, 0.15) is 43.9 Å². The number of nitrogens with one attached hydrogen (secondary N) is 1. The number of amides is 2. The zero-order valence-corrected chi connectivity index (χ0v) is 25.3. The van der Waals surface area contributed by atoms with E-state index in [4.69, 9.17) is 11.6 Å². The van der Waals surface area contributed by atoms with E-state index in [1.165, 1.54) is 29.2 Å². The van der Waals surface area contributed by atoms with Gasteiger partial charge in [-0.25, -0.2) is 8.42 Å². The number of anilines is 1. The van der Waals surface area contributed by atoms with E-state index in [0.29, 0.717) is 29.2 Å². The number of benzene rings is 3. The zero-order chi connectivity index (χ0) is 29.4. The summed E-state index contributed by atoms with van der Waals surface area (Å²) in [6.07, 6.45) is 0.371. The molecule has 1 atom stereocenters. The van der Waals surface area contributed by atoms with Gasteiger partial charge < -0.3 is 10.2 Å². The number of sulfonamides is 1. The Bertz CT molecular complexity index is 1420. The Morgan fingerprint density at radius 1 is 0.950 bits per heavy atom. The van der Waals surface area contributed by atoms with Gasteiger partial charge in [0.25, 0.3) is 10.0 Å². The van der Waals surface area contributed by atoms with Crippen LogP contribution in [0, 0.1) is 19.8 Å². The van der Waals surface area contributed by atoms with Crippen molar-refractivity contribution in [3.05, 3.63) is 94.5 Å². The molecule has 0 unspecified atom stereocenters. The molecule has 0 heterocycles. The number of hydrogen-bond donors (Lipinski definition) is 1. The van der Waals surface area contributed by atoms with E-state index in [1.54, 1.807) is 25.1 Å². The summed E-state index contributed by atoms with van der Waals surface area (Å²) in [5, 5.41) is 3.35. The molecule has 1 N–H and O–H groups in total. The predicted octanol–water partition coefficient (Wildman–Crippen LogP) is 5.73. The number of rotatable bonds is 12. The fourth-order valence-electron chi connectivity index (χ4n) is 4.44. The molecule has 7 nitrogen and oxygen atoms in total. The molecule has 0 saturated carbocycles. The molecule has 0 radical (unpaired) electrons. The van der Waals surface area contributed by atoms with Gasteiger partial charge in [0, 0.05) is 18.1 Å². The van der Waals surface area contributed by atoms with Gasteiger partial charge in [-0.15, -0.1) is 0 Å². The van der Waals surface area contributed by atoms with Crippen LogP contribution in [0.25, 0.3) is 0 Å². The Labute approximate surface area is 243 Å². The number of para-hydroxylation sites is 1. The summed E-state index contributed by atoms with van der Waals surface area (Å²) in [7, 11) is -4.15. The molecule has 0 aliphatic heterocycles.